The van der Waals surface area contributed by atoms with Gasteiger partial charge < -0.3 is 33.8 Å². The lowest BCUT2D eigenvalue weighted by atomic mass is 10.0. The van der Waals surface area contributed by atoms with Crippen LogP contribution < -0.4 is 0 Å². The van der Waals surface area contributed by atoms with Gasteiger partial charge in [-0.3, -0.25) is 37.3 Å². The second kappa shape index (κ2) is 80.8. The standard InChI is InChI=1S/C89H156O17P2/c1-5-9-13-17-21-25-29-33-37-39-41-43-47-49-53-57-61-65-69-73-86(91)99-79-84(105-88(93)75-71-67-63-59-55-51-45-35-31-27-23-19-15-11-7-3)81-103-107(95,96)101-77-83(90)78-102-108(97,98)104-82-85(106-89(94)76-72-68-64-60-56-52-46-36-32-28-24-20-16-12-8-4)80-100-87(92)74-70-66-62-58-54-50-48-44-42-40-38-34-30-26-22-18-14-10-6-2/h9,13,21-22,25-26,33-34,37-38,41-44,49,53,61,65,83-85,90H,5-8,10-12,14-20,23-24,27-32,35-36,39-40,45-48,50-52,54-60,62-64,66-82H2,1-4H3,(H,95,96)(H,97,98)/b13-9-,25-21-,26-22-,37-33-,38-34-,43-41-,44-42-,53-49-,65-61-. The molecular formula is C89H156O17P2. The summed E-state index contributed by atoms with van der Waals surface area (Å²) in [6.45, 7) is 4.72. The SMILES string of the molecule is CC/C=C\C/C=C\C/C=C\C/C=C\C/C=C\C/C=C\CCC(=O)OCC(COP(=O)(O)OCC(O)COP(=O)(O)OCC(COC(=O)CCCCCCCC/C=C\C/C=C\C/C=C\CCCCC)OC(=O)CCCCCCCCCCCCCCCCC)OC(=O)CCCCCCCCCCCCCCCCC. The van der Waals surface area contributed by atoms with Crippen LogP contribution in [0.1, 0.15) is 374 Å². The van der Waals surface area contributed by atoms with Gasteiger partial charge in [0.05, 0.1) is 26.4 Å². The molecular weight excluding hydrogens is 1400 g/mol. The average molecular weight is 1560 g/mol. The number of rotatable bonds is 81. The molecule has 0 bridgehead atoms. The van der Waals surface area contributed by atoms with E-state index >= 15 is 0 Å². The molecule has 0 aliphatic heterocycles. The highest BCUT2D eigenvalue weighted by Gasteiger charge is 2.30. The van der Waals surface area contributed by atoms with Gasteiger partial charge >= 0.3 is 39.5 Å². The van der Waals surface area contributed by atoms with Crippen molar-refractivity contribution in [3.05, 3.63) is 109 Å². The van der Waals surface area contributed by atoms with Crippen LogP contribution in [0.3, 0.4) is 0 Å². The second-order valence-electron chi connectivity index (χ2n) is 28.8. The third-order valence-corrected chi connectivity index (χ3v) is 20.2. The summed E-state index contributed by atoms with van der Waals surface area (Å²) >= 11 is 0. The minimum atomic E-state index is -4.99. The van der Waals surface area contributed by atoms with Crippen LogP contribution in [0.25, 0.3) is 0 Å². The topological polar surface area (TPSA) is 237 Å². The maximum Gasteiger partial charge on any atom is 0.472 e. The summed E-state index contributed by atoms with van der Waals surface area (Å²) in [6, 6.07) is 0. The molecule has 5 unspecified atom stereocenters. The molecule has 0 aliphatic rings. The molecule has 0 rings (SSSR count). The van der Waals surface area contributed by atoms with Crippen LogP contribution in [0.4, 0.5) is 0 Å². The molecule has 624 valence electrons. The van der Waals surface area contributed by atoms with E-state index in [0.29, 0.717) is 32.1 Å². The molecule has 0 saturated heterocycles. The van der Waals surface area contributed by atoms with Crippen molar-refractivity contribution in [2.45, 2.75) is 393 Å². The quantitative estimate of drug-likeness (QED) is 0.0169. The highest BCUT2D eigenvalue weighted by atomic mass is 31.2. The molecule has 19 heteroatoms. The zero-order chi connectivity index (χ0) is 78.9. The first-order valence-corrected chi connectivity index (χ1v) is 46.1. The highest BCUT2D eigenvalue weighted by molar-refractivity contribution is 7.47. The van der Waals surface area contributed by atoms with Gasteiger partial charge in [0.2, 0.25) is 0 Å². The predicted octanol–water partition coefficient (Wildman–Crippen LogP) is 25.7. The van der Waals surface area contributed by atoms with Crippen molar-refractivity contribution in [3.8, 4) is 0 Å². The lowest BCUT2D eigenvalue weighted by Crippen LogP contribution is -2.30. The van der Waals surface area contributed by atoms with Gasteiger partial charge in [-0.15, -0.1) is 0 Å². The smallest absolute Gasteiger partial charge is 0.462 e. The Morgan fingerprint density at radius 1 is 0.269 bits per heavy atom. The van der Waals surface area contributed by atoms with Gasteiger partial charge in [-0.2, -0.15) is 0 Å². The van der Waals surface area contributed by atoms with E-state index in [0.717, 1.165) is 141 Å². The number of allylic oxidation sites excluding steroid dienone is 18. The molecule has 0 aliphatic carbocycles. The zero-order valence-corrected chi connectivity index (χ0v) is 70.3. The van der Waals surface area contributed by atoms with Crippen molar-refractivity contribution in [1.29, 1.82) is 0 Å². The van der Waals surface area contributed by atoms with Crippen LogP contribution in [0.15, 0.2) is 109 Å². The molecule has 0 heterocycles. The van der Waals surface area contributed by atoms with Gasteiger partial charge in [-0.25, -0.2) is 9.13 Å². The van der Waals surface area contributed by atoms with Crippen LogP contribution in [-0.4, -0.2) is 96.7 Å². The number of unbranched alkanes of at least 4 members (excludes halogenated alkanes) is 37. The largest absolute Gasteiger partial charge is 0.472 e. The summed E-state index contributed by atoms with van der Waals surface area (Å²) < 4.78 is 68.8. The van der Waals surface area contributed by atoms with Crippen LogP contribution >= 0.6 is 15.6 Å². The number of phosphoric acid groups is 2. The summed E-state index contributed by atoms with van der Waals surface area (Å²) in [5.74, 6) is -2.26. The molecule has 0 radical (unpaired) electrons. The van der Waals surface area contributed by atoms with Crippen LogP contribution in [0, 0.1) is 0 Å². The molecule has 0 amide bonds. The first-order chi connectivity index (χ1) is 52.7. The monoisotopic (exact) mass is 1560 g/mol. The van der Waals surface area contributed by atoms with Crippen LogP contribution in [0.2, 0.25) is 0 Å². The van der Waals surface area contributed by atoms with Crippen molar-refractivity contribution >= 4 is 39.5 Å². The summed E-state index contributed by atoms with van der Waals surface area (Å²) in [6.07, 6.45) is 89.2. The van der Waals surface area contributed by atoms with E-state index in [4.69, 9.17) is 37.0 Å². The lowest BCUT2D eigenvalue weighted by molar-refractivity contribution is -0.161. The lowest BCUT2D eigenvalue weighted by Gasteiger charge is -2.21. The van der Waals surface area contributed by atoms with Gasteiger partial charge in [0.1, 0.15) is 19.3 Å². The van der Waals surface area contributed by atoms with Crippen molar-refractivity contribution in [3.63, 3.8) is 0 Å². The van der Waals surface area contributed by atoms with E-state index in [9.17, 15) is 43.2 Å². The predicted molar refractivity (Wildman–Crippen MR) is 445 cm³/mol. The van der Waals surface area contributed by atoms with Crippen LogP contribution in [0.5, 0.6) is 0 Å². The molecule has 0 aromatic heterocycles. The summed E-state index contributed by atoms with van der Waals surface area (Å²) in [5, 5.41) is 10.7. The Bertz CT molecular complexity index is 2470. The van der Waals surface area contributed by atoms with E-state index in [2.05, 4.69) is 125 Å². The number of carbonyl (C=O) groups excluding carboxylic acids is 4. The molecule has 17 nitrogen and oxygen atoms in total. The number of aliphatic hydroxyl groups excluding tert-OH is 1. The minimum Gasteiger partial charge on any atom is -0.462 e. The Morgan fingerprint density at radius 2 is 0.500 bits per heavy atom. The number of hydrogen-bond donors (Lipinski definition) is 3. The van der Waals surface area contributed by atoms with Crippen LogP contribution in [-0.2, 0) is 65.4 Å². The molecule has 0 fully saturated rings. The van der Waals surface area contributed by atoms with E-state index in [1.807, 2.05) is 12.2 Å². The number of aliphatic hydroxyl groups is 1. The first-order valence-electron chi connectivity index (χ1n) is 43.1. The number of esters is 4. The zero-order valence-electron chi connectivity index (χ0n) is 68.5. The van der Waals surface area contributed by atoms with E-state index in [1.54, 1.807) is 0 Å². The van der Waals surface area contributed by atoms with Crippen molar-refractivity contribution in [2.75, 3.05) is 39.6 Å². The maximum absolute atomic E-state index is 13.1. The third kappa shape index (κ3) is 79.8. The fourth-order valence-corrected chi connectivity index (χ4v) is 13.3. The first kappa shape index (κ1) is 104. The number of ether oxygens (including phenoxy) is 4. The fourth-order valence-electron chi connectivity index (χ4n) is 11.7. The highest BCUT2D eigenvalue weighted by Crippen LogP contribution is 2.45. The summed E-state index contributed by atoms with van der Waals surface area (Å²) in [4.78, 5) is 73.2. The minimum absolute atomic E-state index is 0.0377. The number of carbonyl (C=O) groups is 4. The Labute approximate surface area is 658 Å². The Hall–Kier alpha value is -4.28. The molecule has 5 atom stereocenters. The van der Waals surface area contributed by atoms with Gasteiger partial charge in [-0.05, 0) is 103 Å². The second-order valence-corrected chi connectivity index (χ2v) is 31.7. The van der Waals surface area contributed by atoms with Gasteiger partial charge in [0, 0.05) is 25.7 Å². The fraction of sp³-hybridized carbons (Fsp3) is 0.753. The van der Waals surface area contributed by atoms with E-state index in [-0.39, 0.29) is 25.7 Å². The summed E-state index contributed by atoms with van der Waals surface area (Å²) in [7, 11) is -9.98. The van der Waals surface area contributed by atoms with Gasteiger partial charge in [0.25, 0.3) is 0 Å². The van der Waals surface area contributed by atoms with Crippen molar-refractivity contribution in [2.24, 2.45) is 0 Å². The van der Waals surface area contributed by atoms with Crippen molar-refractivity contribution < 1.29 is 80.2 Å². The van der Waals surface area contributed by atoms with Crippen molar-refractivity contribution in [1.82, 2.24) is 0 Å². The third-order valence-electron chi connectivity index (χ3n) is 18.3. The normalized spacial score (nSPS) is 14.3. The Balaban J connectivity index is 5.41. The van der Waals surface area contributed by atoms with E-state index < -0.39 is 97.5 Å². The molecule has 0 spiro atoms. The molecule has 3 N–H and O–H groups in total. The molecule has 0 saturated carbocycles. The average Bonchev–Trinajstić information content (AvgIpc) is 0.923. The molecule has 0 aromatic rings. The van der Waals surface area contributed by atoms with E-state index in [1.165, 1.54) is 148 Å². The number of hydrogen-bond acceptors (Lipinski definition) is 15. The number of phosphoric ester groups is 2. The Kier molecular flexibility index (Phi) is 77.6. The van der Waals surface area contributed by atoms with Gasteiger partial charge in [-0.1, -0.05) is 355 Å². The Morgan fingerprint density at radius 3 is 0.815 bits per heavy atom. The van der Waals surface area contributed by atoms with Gasteiger partial charge in [0.15, 0.2) is 12.2 Å². The summed E-state index contributed by atoms with van der Waals surface area (Å²) in [5.41, 5.74) is 0. The molecule has 0 aromatic carbocycles. The molecule has 108 heavy (non-hydrogen) atoms. The maximum atomic E-state index is 13.1.